The van der Waals surface area contributed by atoms with Crippen LogP contribution >= 0.6 is 0 Å². The van der Waals surface area contributed by atoms with Crippen molar-refractivity contribution in [3.8, 4) is 0 Å². The van der Waals surface area contributed by atoms with Crippen molar-refractivity contribution in [3.63, 3.8) is 0 Å². The SMILES string of the molecule is CCN(C)CCNc1ccc(S(C)(=O)=O)cc1. The second-order valence-electron chi connectivity index (χ2n) is 4.12. The Hall–Kier alpha value is -1.07. The molecule has 1 N–H and O–H groups in total. The van der Waals surface area contributed by atoms with Crippen molar-refractivity contribution in [1.82, 2.24) is 4.90 Å². The average molecular weight is 256 g/mol. The Kier molecular flexibility index (Phi) is 4.96. The summed E-state index contributed by atoms with van der Waals surface area (Å²) in [5, 5.41) is 3.25. The molecule has 0 unspecified atom stereocenters. The number of nitrogens with zero attached hydrogens (tertiary/aromatic N) is 1. The topological polar surface area (TPSA) is 49.4 Å². The molecule has 0 aliphatic heterocycles. The molecule has 0 bridgehead atoms. The largest absolute Gasteiger partial charge is 0.384 e. The van der Waals surface area contributed by atoms with E-state index >= 15 is 0 Å². The standard InChI is InChI=1S/C12H20N2O2S/c1-4-14(2)10-9-13-11-5-7-12(8-6-11)17(3,15)16/h5-8,13H,4,9-10H2,1-3H3. The molecule has 0 spiro atoms. The van der Waals surface area contributed by atoms with Crippen molar-refractivity contribution in [2.45, 2.75) is 11.8 Å². The number of nitrogens with one attached hydrogen (secondary N) is 1. The van der Waals surface area contributed by atoms with E-state index in [1.54, 1.807) is 24.3 Å². The number of sulfone groups is 1. The number of hydrogen-bond donors (Lipinski definition) is 1. The summed E-state index contributed by atoms with van der Waals surface area (Å²) in [6.07, 6.45) is 1.21. The molecule has 0 fully saturated rings. The van der Waals surface area contributed by atoms with E-state index in [1.165, 1.54) is 6.26 Å². The van der Waals surface area contributed by atoms with Gasteiger partial charge in [-0.1, -0.05) is 6.92 Å². The summed E-state index contributed by atoms with van der Waals surface area (Å²) in [5.74, 6) is 0. The van der Waals surface area contributed by atoms with Gasteiger partial charge in [0.1, 0.15) is 0 Å². The maximum Gasteiger partial charge on any atom is 0.175 e. The third-order valence-corrected chi connectivity index (χ3v) is 3.77. The Morgan fingerprint density at radius 3 is 2.29 bits per heavy atom. The van der Waals surface area contributed by atoms with Gasteiger partial charge < -0.3 is 10.2 Å². The van der Waals surface area contributed by atoms with E-state index in [1.807, 2.05) is 0 Å². The lowest BCUT2D eigenvalue weighted by molar-refractivity contribution is 0.367. The van der Waals surface area contributed by atoms with Crippen molar-refractivity contribution in [2.75, 3.05) is 38.3 Å². The van der Waals surface area contributed by atoms with Crippen LogP contribution in [0.25, 0.3) is 0 Å². The molecule has 1 rings (SSSR count). The second kappa shape index (κ2) is 6.02. The van der Waals surface area contributed by atoms with Crippen LogP contribution in [0.2, 0.25) is 0 Å². The van der Waals surface area contributed by atoms with Gasteiger partial charge in [-0.2, -0.15) is 0 Å². The lowest BCUT2D eigenvalue weighted by Gasteiger charge is -2.14. The molecule has 0 aromatic heterocycles. The Bertz CT molecular complexity index is 440. The van der Waals surface area contributed by atoms with Crippen LogP contribution in [-0.2, 0) is 9.84 Å². The van der Waals surface area contributed by atoms with E-state index in [9.17, 15) is 8.42 Å². The molecule has 4 nitrogen and oxygen atoms in total. The number of rotatable bonds is 6. The minimum absolute atomic E-state index is 0.355. The van der Waals surface area contributed by atoms with Crippen molar-refractivity contribution >= 4 is 15.5 Å². The van der Waals surface area contributed by atoms with Crippen LogP contribution in [0, 0.1) is 0 Å². The molecule has 0 aliphatic rings. The van der Waals surface area contributed by atoms with Crippen LogP contribution in [0.3, 0.4) is 0 Å². The first-order valence-electron chi connectivity index (χ1n) is 5.66. The Morgan fingerprint density at radius 1 is 1.24 bits per heavy atom. The third-order valence-electron chi connectivity index (χ3n) is 2.64. The number of likely N-dealkylation sites (N-methyl/N-ethyl adjacent to an activating group) is 1. The summed E-state index contributed by atoms with van der Waals surface area (Å²) in [5.41, 5.74) is 0.946. The van der Waals surface area contributed by atoms with Crippen LogP contribution in [-0.4, -0.2) is 46.3 Å². The molecule has 1 aromatic carbocycles. The molecule has 0 atom stereocenters. The van der Waals surface area contributed by atoms with Crippen molar-refractivity contribution in [2.24, 2.45) is 0 Å². The summed E-state index contributed by atoms with van der Waals surface area (Å²) in [4.78, 5) is 2.56. The molecular weight excluding hydrogens is 236 g/mol. The summed E-state index contributed by atoms with van der Waals surface area (Å²) >= 11 is 0. The Morgan fingerprint density at radius 2 is 1.82 bits per heavy atom. The Balaban J connectivity index is 2.52. The molecule has 5 heteroatoms. The van der Waals surface area contributed by atoms with Crippen LogP contribution in [0.5, 0.6) is 0 Å². The minimum atomic E-state index is -3.09. The van der Waals surface area contributed by atoms with Gasteiger partial charge in [0.05, 0.1) is 4.90 Å². The van der Waals surface area contributed by atoms with Crippen molar-refractivity contribution in [3.05, 3.63) is 24.3 Å². The first-order chi connectivity index (χ1) is 7.93. The monoisotopic (exact) mass is 256 g/mol. The fourth-order valence-corrected chi connectivity index (χ4v) is 2.00. The van der Waals surface area contributed by atoms with E-state index in [4.69, 9.17) is 0 Å². The van der Waals surface area contributed by atoms with Crippen LogP contribution < -0.4 is 5.32 Å². The minimum Gasteiger partial charge on any atom is -0.384 e. The summed E-state index contributed by atoms with van der Waals surface area (Å²) in [6, 6.07) is 6.84. The number of benzene rings is 1. The molecule has 0 saturated heterocycles. The van der Waals surface area contributed by atoms with Crippen LogP contribution in [0.1, 0.15) is 6.92 Å². The lowest BCUT2D eigenvalue weighted by atomic mass is 10.3. The average Bonchev–Trinajstić information content (AvgIpc) is 2.28. The highest BCUT2D eigenvalue weighted by Gasteiger charge is 2.05. The second-order valence-corrected chi connectivity index (χ2v) is 6.13. The fourth-order valence-electron chi connectivity index (χ4n) is 1.37. The van der Waals surface area contributed by atoms with Gasteiger partial charge in [0.15, 0.2) is 9.84 Å². The smallest absolute Gasteiger partial charge is 0.175 e. The predicted octanol–water partition coefficient (Wildman–Crippen LogP) is 1.45. The molecule has 0 heterocycles. The fraction of sp³-hybridized carbons (Fsp3) is 0.500. The number of anilines is 1. The van der Waals surface area contributed by atoms with E-state index in [-0.39, 0.29) is 0 Å². The highest BCUT2D eigenvalue weighted by atomic mass is 32.2. The van der Waals surface area contributed by atoms with Gasteiger partial charge in [-0.05, 0) is 37.9 Å². The zero-order valence-corrected chi connectivity index (χ0v) is 11.4. The van der Waals surface area contributed by atoms with E-state index in [0.29, 0.717) is 4.90 Å². The summed E-state index contributed by atoms with van der Waals surface area (Å²) in [6.45, 7) is 4.95. The highest BCUT2D eigenvalue weighted by Crippen LogP contribution is 2.13. The summed E-state index contributed by atoms with van der Waals surface area (Å²) in [7, 11) is -1.03. The maximum absolute atomic E-state index is 11.3. The molecule has 1 aromatic rings. The van der Waals surface area contributed by atoms with Crippen molar-refractivity contribution < 1.29 is 8.42 Å². The zero-order chi connectivity index (χ0) is 12.9. The lowest BCUT2D eigenvalue weighted by Crippen LogP contribution is -2.24. The highest BCUT2D eigenvalue weighted by molar-refractivity contribution is 7.90. The predicted molar refractivity (Wildman–Crippen MR) is 71.2 cm³/mol. The van der Waals surface area contributed by atoms with E-state index in [0.717, 1.165) is 25.3 Å². The molecule has 0 amide bonds. The van der Waals surface area contributed by atoms with Gasteiger partial charge in [-0.25, -0.2) is 8.42 Å². The third kappa shape index (κ3) is 4.75. The van der Waals surface area contributed by atoms with Gasteiger partial charge in [0, 0.05) is 25.0 Å². The van der Waals surface area contributed by atoms with E-state index < -0.39 is 9.84 Å². The molecule has 17 heavy (non-hydrogen) atoms. The molecule has 96 valence electrons. The molecule has 0 saturated carbocycles. The van der Waals surface area contributed by atoms with Gasteiger partial charge in [-0.3, -0.25) is 0 Å². The zero-order valence-electron chi connectivity index (χ0n) is 10.6. The van der Waals surface area contributed by atoms with Crippen LogP contribution in [0.15, 0.2) is 29.2 Å². The quantitative estimate of drug-likeness (QED) is 0.837. The van der Waals surface area contributed by atoms with Gasteiger partial charge in [0.25, 0.3) is 0 Å². The van der Waals surface area contributed by atoms with Gasteiger partial charge >= 0.3 is 0 Å². The first-order valence-corrected chi connectivity index (χ1v) is 7.55. The summed E-state index contributed by atoms with van der Waals surface area (Å²) < 4.78 is 22.5. The molecule has 0 aliphatic carbocycles. The number of hydrogen-bond acceptors (Lipinski definition) is 4. The van der Waals surface area contributed by atoms with E-state index in [2.05, 4.69) is 24.2 Å². The van der Waals surface area contributed by atoms with Crippen LogP contribution in [0.4, 0.5) is 5.69 Å². The molecular formula is C12H20N2O2S. The first kappa shape index (κ1) is 14.0. The Labute approximate surface area is 104 Å². The van der Waals surface area contributed by atoms with Crippen molar-refractivity contribution in [1.29, 1.82) is 0 Å². The molecule has 0 radical (unpaired) electrons. The van der Waals surface area contributed by atoms with Gasteiger partial charge in [-0.15, -0.1) is 0 Å². The normalized spacial score (nSPS) is 11.8. The van der Waals surface area contributed by atoms with Gasteiger partial charge in [0.2, 0.25) is 0 Å². The maximum atomic E-state index is 11.3.